The van der Waals surface area contributed by atoms with E-state index in [4.69, 9.17) is 4.74 Å². The molecule has 27 heavy (non-hydrogen) atoms. The molecule has 3 heterocycles. The maximum Gasteiger partial charge on any atom is 0.275 e. The van der Waals surface area contributed by atoms with E-state index in [1.165, 1.54) is 0 Å². The predicted molar refractivity (Wildman–Crippen MR) is 102 cm³/mol. The van der Waals surface area contributed by atoms with Gasteiger partial charge >= 0.3 is 0 Å². The highest BCUT2D eigenvalue weighted by molar-refractivity contribution is 5.92. The third kappa shape index (κ3) is 3.30. The number of benzene rings is 1. The highest BCUT2D eigenvalue weighted by atomic mass is 16.5. The minimum absolute atomic E-state index is 0.0472. The molecule has 0 fully saturated rings. The molecule has 0 unspecified atom stereocenters. The van der Waals surface area contributed by atoms with E-state index < -0.39 is 0 Å². The van der Waals surface area contributed by atoms with Crippen LogP contribution in [0.4, 0.5) is 0 Å². The van der Waals surface area contributed by atoms with Crippen molar-refractivity contribution in [1.29, 1.82) is 0 Å². The van der Waals surface area contributed by atoms with Gasteiger partial charge in [-0.25, -0.2) is 0 Å². The maximum atomic E-state index is 13.1. The van der Waals surface area contributed by atoms with Gasteiger partial charge < -0.3 is 9.64 Å². The molecular weight excluding hydrogens is 340 g/mol. The molecule has 0 radical (unpaired) electrons. The van der Waals surface area contributed by atoms with Crippen molar-refractivity contribution < 1.29 is 9.53 Å². The molecule has 0 aliphatic carbocycles. The lowest BCUT2D eigenvalue weighted by Crippen LogP contribution is -2.40. The molecule has 0 saturated heterocycles. The van der Waals surface area contributed by atoms with Crippen molar-refractivity contribution in [1.82, 2.24) is 19.7 Å². The van der Waals surface area contributed by atoms with Gasteiger partial charge in [0.2, 0.25) is 0 Å². The summed E-state index contributed by atoms with van der Waals surface area (Å²) in [5.74, 6) is 0.747. The maximum absolute atomic E-state index is 13.1. The SMILES string of the molecule is Cc1cc(C(=O)N2Cc3cc(-c4cccnc4)ccc3OC[C@@H]2C)nn1C. The van der Waals surface area contributed by atoms with E-state index in [2.05, 4.69) is 16.1 Å². The first kappa shape index (κ1) is 17.3. The molecule has 0 N–H and O–H groups in total. The Kier molecular flexibility index (Phi) is 4.39. The molecule has 1 aromatic carbocycles. The van der Waals surface area contributed by atoms with E-state index in [-0.39, 0.29) is 11.9 Å². The standard InChI is InChI=1S/C21H22N4O2/c1-14-9-19(23-24(14)3)21(26)25-12-18-10-16(17-5-4-8-22-11-17)6-7-20(18)27-13-15(25)2/h4-11,15H,12-13H2,1-3H3/t15-/m0/s1. The summed E-state index contributed by atoms with van der Waals surface area (Å²) in [4.78, 5) is 19.1. The Morgan fingerprint density at radius 1 is 1.22 bits per heavy atom. The van der Waals surface area contributed by atoms with Crippen molar-refractivity contribution in [2.45, 2.75) is 26.4 Å². The van der Waals surface area contributed by atoms with Gasteiger partial charge in [0, 0.05) is 36.3 Å². The molecule has 2 aromatic heterocycles. The lowest BCUT2D eigenvalue weighted by molar-refractivity contribution is 0.0638. The predicted octanol–water partition coefficient (Wildman–Crippen LogP) is 3.21. The molecular formula is C21H22N4O2. The molecule has 6 nitrogen and oxygen atoms in total. The summed E-state index contributed by atoms with van der Waals surface area (Å²) in [6.45, 7) is 4.88. The zero-order valence-corrected chi connectivity index (χ0v) is 15.7. The number of pyridine rings is 1. The fraction of sp³-hybridized carbons (Fsp3) is 0.286. The van der Waals surface area contributed by atoms with Crippen LogP contribution in [-0.4, -0.2) is 38.2 Å². The Bertz CT molecular complexity index is 962. The number of fused-ring (bicyclic) bond motifs is 1. The van der Waals surface area contributed by atoms with E-state index in [9.17, 15) is 4.79 Å². The zero-order valence-electron chi connectivity index (χ0n) is 15.7. The second-order valence-corrected chi connectivity index (χ2v) is 6.95. The Morgan fingerprint density at radius 3 is 2.78 bits per heavy atom. The van der Waals surface area contributed by atoms with Gasteiger partial charge in [0.1, 0.15) is 12.4 Å². The first-order chi connectivity index (χ1) is 13.0. The smallest absolute Gasteiger partial charge is 0.275 e. The molecule has 138 valence electrons. The number of hydrogen-bond acceptors (Lipinski definition) is 4. The van der Waals surface area contributed by atoms with Crippen LogP contribution in [0, 0.1) is 6.92 Å². The number of carbonyl (C=O) groups excluding carboxylic acids is 1. The second-order valence-electron chi connectivity index (χ2n) is 6.95. The number of nitrogens with zero attached hydrogens (tertiary/aromatic N) is 4. The number of aryl methyl sites for hydroxylation is 2. The van der Waals surface area contributed by atoms with E-state index >= 15 is 0 Å². The number of rotatable bonds is 2. The van der Waals surface area contributed by atoms with Gasteiger partial charge in [0.05, 0.1) is 12.6 Å². The minimum Gasteiger partial charge on any atom is -0.491 e. The number of amides is 1. The third-order valence-electron chi connectivity index (χ3n) is 5.00. The van der Waals surface area contributed by atoms with Gasteiger partial charge in [0.25, 0.3) is 5.91 Å². The molecule has 0 spiro atoms. The van der Waals surface area contributed by atoms with Crippen LogP contribution in [0.3, 0.4) is 0 Å². The number of aromatic nitrogens is 3. The van der Waals surface area contributed by atoms with Gasteiger partial charge in [0.15, 0.2) is 5.69 Å². The Hall–Kier alpha value is -3.15. The van der Waals surface area contributed by atoms with Crippen LogP contribution in [0.2, 0.25) is 0 Å². The monoisotopic (exact) mass is 362 g/mol. The van der Waals surface area contributed by atoms with Crippen LogP contribution in [0.25, 0.3) is 11.1 Å². The third-order valence-corrected chi connectivity index (χ3v) is 5.00. The molecule has 1 aliphatic rings. The summed E-state index contributed by atoms with van der Waals surface area (Å²) in [6.07, 6.45) is 3.59. The van der Waals surface area contributed by atoms with Gasteiger partial charge in [-0.15, -0.1) is 0 Å². The second kappa shape index (κ2) is 6.87. The quantitative estimate of drug-likeness (QED) is 0.702. The van der Waals surface area contributed by atoms with E-state index in [0.29, 0.717) is 18.8 Å². The minimum atomic E-state index is -0.0746. The molecule has 1 aliphatic heterocycles. The van der Waals surface area contributed by atoms with Crippen LogP contribution in [0.1, 0.15) is 28.7 Å². The summed E-state index contributed by atoms with van der Waals surface area (Å²) in [5.41, 5.74) is 4.50. The van der Waals surface area contributed by atoms with Crippen molar-refractivity contribution >= 4 is 5.91 Å². The van der Waals surface area contributed by atoms with E-state index in [1.54, 1.807) is 10.9 Å². The summed E-state index contributed by atoms with van der Waals surface area (Å²) in [5, 5.41) is 4.35. The number of carbonyl (C=O) groups is 1. The summed E-state index contributed by atoms with van der Waals surface area (Å²) in [6, 6.07) is 11.8. The zero-order chi connectivity index (χ0) is 19.0. The van der Waals surface area contributed by atoms with Crippen LogP contribution in [-0.2, 0) is 13.6 Å². The van der Waals surface area contributed by atoms with E-state index in [1.807, 2.05) is 62.3 Å². The number of ether oxygens (including phenoxy) is 1. The summed E-state index contributed by atoms with van der Waals surface area (Å²) in [7, 11) is 1.84. The summed E-state index contributed by atoms with van der Waals surface area (Å²) >= 11 is 0. The van der Waals surface area contributed by atoms with Crippen LogP contribution in [0.15, 0.2) is 48.8 Å². The first-order valence-electron chi connectivity index (χ1n) is 9.00. The van der Waals surface area contributed by atoms with Gasteiger partial charge in [-0.3, -0.25) is 14.5 Å². The highest BCUT2D eigenvalue weighted by Gasteiger charge is 2.28. The normalized spacial score (nSPS) is 16.4. The van der Waals surface area contributed by atoms with Crippen molar-refractivity contribution in [3.63, 3.8) is 0 Å². The average Bonchev–Trinajstić information content (AvgIpc) is 2.93. The topological polar surface area (TPSA) is 60.3 Å². The van der Waals surface area contributed by atoms with Crippen LogP contribution >= 0.6 is 0 Å². The van der Waals surface area contributed by atoms with Gasteiger partial charge in [-0.2, -0.15) is 5.10 Å². The Balaban J connectivity index is 1.68. The highest BCUT2D eigenvalue weighted by Crippen LogP contribution is 2.30. The first-order valence-corrected chi connectivity index (χ1v) is 9.00. The fourth-order valence-corrected chi connectivity index (χ4v) is 3.28. The molecule has 1 atom stereocenters. The average molecular weight is 362 g/mol. The lowest BCUT2D eigenvalue weighted by Gasteiger charge is -2.25. The Morgan fingerprint density at radius 2 is 2.07 bits per heavy atom. The largest absolute Gasteiger partial charge is 0.491 e. The van der Waals surface area contributed by atoms with Gasteiger partial charge in [-0.05, 0) is 43.7 Å². The lowest BCUT2D eigenvalue weighted by atomic mass is 10.0. The van der Waals surface area contributed by atoms with Crippen molar-refractivity contribution in [2.24, 2.45) is 7.05 Å². The molecule has 0 saturated carbocycles. The molecule has 6 heteroatoms. The van der Waals surface area contributed by atoms with Gasteiger partial charge in [-0.1, -0.05) is 12.1 Å². The van der Waals surface area contributed by atoms with Crippen molar-refractivity contribution in [3.8, 4) is 16.9 Å². The Labute approximate surface area is 158 Å². The van der Waals surface area contributed by atoms with Crippen molar-refractivity contribution in [2.75, 3.05) is 6.61 Å². The summed E-state index contributed by atoms with van der Waals surface area (Å²) < 4.78 is 7.68. The van der Waals surface area contributed by atoms with Crippen LogP contribution < -0.4 is 4.74 Å². The molecule has 1 amide bonds. The van der Waals surface area contributed by atoms with Crippen molar-refractivity contribution in [3.05, 3.63) is 65.7 Å². The molecule has 3 aromatic rings. The molecule has 0 bridgehead atoms. The fourth-order valence-electron chi connectivity index (χ4n) is 3.28. The van der Waals surface area contributed by atoms with E-state index in [0.717, 1.165) is 28.1 Å². The molecule has 4 rings (SSSR count). The van der Waals surface area contributed by atoms with Crippen LogP contribution in [0.5, 0.6) is 5.75 Å². The number of hydrogen-bond donors (Lipinski definition) is 0.